The lowest BCUT2D eigenvalue weighted by molar-refractivity contribution is -0.384. The third kappa shape index (κ3) is 4.18. The van der Waals surface area contributed by atoms with Crippen molar-refractivity contribution in [1.29, 1.82) is 0 Å². The second kappa shape index (κ2) is 7.42. The Hall–Kier alpha value is -2.18. The quantitative estimate of drug-likeness (QED) is 0.616. The summed E-state index contributed by atoms with van der Waals surface area (Å²) >= 11 is 0. The maximum absolute atomic E-state index is 13.0. The molecule has 0 radical (unpaired) electrons. The maximum Gasteiger partial charge on any atom is 0.295 e. The Morgan fingerprint density at radius 1 is 1.40 bits per heavy atom. The highest BCUT2D eigenvalue weighted by molar-refractivity contribution is 5.76. The predicted octanol–water partition coefficient (Wildman–Crippen LogP) is 2.40. The minimum absolute atomic E-state index is 0.0211. The number of nitro groups is 1. The highest BCUT2D eigenvalue weighted by Gasteiger charge is 2.15. The molecule has 110 valence electrons. The number of carbonyl (C=O) groups excluding carboxylic acids is 1. The van der Waals surface area contributed by atoms with Crippen LogP contribution in [0.2, 0.25) is 0 Å². The van der Waals surface area contributed by atoms with Crippen LogP contribution in [-0.2, 0) is 4.79 Å². The van der Waals surface area contributed by atoms with Crippen molar-refractivity contribution >= 4 is 17.3 Å². The van der Waals surface area contributed by atoms with E-state index in [0.29, 0.717) is 13.1 Å². The summed E-state index contributed by atoms with van der Waals surface area (Å²) in [5.41, 5.74) is -0.121. The van der Waals surface area contributed by atoms with E-state index in [1.807, 2.05) is 13.8 Å². The van der Waals surface area contributed by atoms with E-state index in [2.05, 4.69) is 5.32 Å². The molecule has 1 N–H and O–H groups in total. The Kier molecular flexibility index (Phi) is 5.89. The number of hydrogen-bond donors (Lipinski definition) is 1. The zero-order chi connectivity index (χ0) is 15.1. The molecule has 1 amide bonds. The highest BCUT2D eigenvalue weighted by Crippen LogP contribution is 2.24. The fourth-order valence-corrected chi connectivity index (χ4v) is 1.84. The number of anilines is 1. The predicted molar refractivity (Wildman–Crippen MR) is 74.1 cm³/mol. The van der Waals surface area contributed by atoms with Gasteiger partial charge in [-0.15, -0.1) is 0 Å². The van der Waals surface area contributed by atoms with Gasteiger partial charge in [0.1, 0.15) is 11.5 Å². The van der Waals surface area contributed by atoms with Crippen molar-refractivity contribution in [2.24, 2.45) is 0 Å². The number of carbonyl (C=O) groups is 1. The van der Waals surface area contributed by atoms with E-state index < -0.39 is 10.7 Å². The van der Waals surface area contributed by atoms with Crippen molar-refractivity contribution in [3.05, 3.63) is 34.1 Å². The summed E-state index contributed by atoms with van der Waals surface area (Å²) in [6.45, 7) is 5.30. The van der Waals surface area contributed by atoms with Gasteiger partial charge in [-0.1, -0.05) is 0 Å². The number of halogens is 1. The number of hydrogen-bond acceptors (Lipinski definition) is 4. The molecule has 0 fully saturated rings. The average molecular weight is 283 g/mol. The van der Waals surface area contributed by atoms with Crippen molar-refractivity contribution in [1.82, 2.24) is 4.90 Å². The number of nitrogens with zero attached hydrogens (tertiary/aromatic N) is 2. The lowest BCUT2D eigenvalue weighted by Crippen LogP contribution is -2.31. The summed E-state index contributed by atoms with van der Waals surface area (Å²) < 4.78 is 13.0. The van der Waals surface area contributed by atoms with Crippen LogP contribution in [-0.4, -0.2) is 35.4 Å². The molecule has 0 saturated heterocycles. The van der Waals surface area contributed by atoms with Crippen LogP contribution in [0.15, 0.2) is 18.2 Å². The first-order valence-electron chi connectivity index (χ1n) is 6.45. The van der Waals surface area contributed by atoms with Gasteiger partial charge in [0.2, 0.25) is 5.91 Å². The number of nitro benzene ring substituents is 1. The standard InChI is InChI=1S/C13H18FN3O3/c1-3-16(4-2)13(18)7-8-15-11-6-5-10(14)9-12(11)17(19)20/h5-6,9,15H,3-4,7-8H2,1-2H3. The molecule has 1 aromatic rings. The van der Waals surface area contributed by atoms with Gasteiger partial charge in [-0.3, -0.25) is 14.9 Å². The minimum Gasteiger partial charge on any atom is -0.379 e. The molecule has 0 aliphatic rings. The van der Waals surface area contributed by atoms with E-state index in [0.717, 1.165) is 12.1 Å². The monoisotopic (exact) mass is 283 g/mol. The molecule has 1 aromatic carbocycles. The summed E-state index contributed by atoms with van der Waals surface area (Å²) in [6, 6.07) is 3.30. The van der Waals surface area contributed by atoms with E-state index in [-0.39, 0.29) is 30.2 Å². The molecule has 20 heavy (non-hydrogen) atoms. The second-order valence-electron chi connectivity index (χ2n) is 4.16. The number of rotatable bonds is 7. The minimum atomic E-state index is -0.665. The maximum atomic E-state index is 13.0. The molecular weight excluding hydrogens is 265 g/mol. The van der Waals surface area contributed by atoms with Gasteiger partial charge in [-0.25, -0.2) is 4.39 Å². The van der Waals surface area contributed by atoms with Gasteiger partial charge in [0.25, 0.3) is 5.69 Å². The first kappa shape index (κ1) is 15.9. The van der Waals surface area contributed by atoms with E-state index in [1.54, 1.807) is 4.90 Å². The van der Waals surface area contributed by atoms with E-state index >= 15 is 0 Å². The molecule has 0 atom stereocenters. The lowest BCUT2D eigenvalue weighted by atomic mass is 10.2. The van der Waals surface area contributed by atoms with Gasteiger partial charge in [0.05, 0.1) is 11.0 Å². The van der Waals surface area contributed by atoms with Gasteiger partial charge < -0.3 is 10.2 Å². The normalized spacial score (nSPS) is 10.2. The summed E-state index contributed by atoms with van der Waals surface area (Å²) in [7, 11) is 0. The van der Waals surface area contributed by atoms with Crippen LogP contribution in [0.4, 0.5) is 15.8 Å². The molecule has 0 aliphatic heterocycles. The zero-order valence-corrected chi connectivity index (χ0v) is 11.6. The molecule has 6 nitrogen and oxygen atoms in total. The van der Waals surface area contributed by atoms with Gasteiger partial charge in [-0.05, 0) is 26.0 Å². The Balaban J connectivity index is 2.62. The van der Waals surface area contributed by atoms with E-state index in [4.69, 9.17) is 0 Å². The summed E-state index contributed by atoms with van der Waals surface area (Å²) in [6.07, 6.45) is 0.232. The summed E-state index contributed by atoms with van der Waals surface area (Å²) in [5.74, 6) is -0.686. The smallest absolute Gasteiger partial charge is 0.295 e. The molecule has 0 heterocycles. The van der Waals surface area contributed by atoms with Crippen LogP contribution >= 0.6 is 0 Å². The summed E-state index contributed by atoms with van der Waals surface area (Å²) in [5, 5.41) is 13.6. The highest BCUT2D eigenvalue weighted by atomic mass is 19.1. The van der Waals surface area contributed by atoms with Crippen LogP contribution in [0.1, 0.15) is 20.3 Å². The van der Waals surface area contributed by atoms with Crippen molar-refractivity contribution in [3.63, 3.8) is 0 Å². The van der Waals surface area contributed by atoms with Crippen molar-refractivity contribution < 1.29 is 14.1 Å². The van der Waals surface area contributed by atoms with Crippen LogP contribution in [0, 0.1) is 15.9 Å². The fourth-order valence-electron chi connectivity index (χ4n) is 1.84. The molecular formula is C13H18FN3O3. The molecule has 0 aromatic heterocycles. The molecule has 0 unspecified atom stereocenters. The average Bonchev–Trinajstić information content (AvgIpc) is 2.41. The second-order valence-corrected chi connectivity index (χ2v) is 4.16. The van der Waals surface area contributed by atoms with E-state index in [1.165, 1.54) is 6.07 Å². The first-order chi connectivity index (χ1) is 9.49. The van der Waals surface area contributed by atoms with Crippen molar-refractivity contribution in [3.8, 4) is 0 Å². The third-order valence-corrected chi connectivity index (χ3v) is 2.93. The number of nitrogens with one attached hydrogen (secondary N) is 1. The molecule has 7 heteroatoms. The number of amides is 1. The summed E-state index contributed by atoms with van der Waals surface area (Å²) in [4.78, 5) is 23.6. The largest absolute Gasteiger partial charge is 0.379 e. The molecule has 0 saturated carbocycles. The Morgan fingerprint density at radius 3 is 2.60 bits per heavy atom. The van der Waals surface area contributed by atoms with Gasteiger partial charge in [-0.2, -0.15) is 0 Å². The lowest BCUT2D eigenvalue weighted by Gasteiger charge is -2.18. The van der Waals surface area contributed by atoms with Crippen LogP contribution in [0.25, 0.3) is 0 Å². The Bertz CT molecular complexity index is 490. The topological polar surface area (TPSA) is 75.5 Å². The van der Waals surface area contributed by atoms with E-state index in [9.17, 15) is 19.3 Å². The van der Waals surface area contributed by atoms with Crippen LogP contribution < -0.4 is 5.32 Å². The van der Waals surface area contributed by atoms with Gasteiger partial charge >= 0.3 is 0 Å². The van der Waals surface area contributed by atoms with Crippen LogP contribution in [0.5, 0.6) is 0 Å². The molecule has 1 rings (SSSR count). The molecule has 0 aliphatic carbocycles. The molecule has 0 bridgehead atoms. The molecule has 0 spiro atoms. The van der Waals surface area contributed by atoms with Crippen molar-refractivity contribution in [2.45, 2.75) is 20.3 Å². The Labute approximate surface area is 116 Å². The fraction of sp³-hybridized carbons (Fsp3) is 0.462. The SMILES string of the molecule is CCN(CC)C(=O)CCNc1ccc(F)cc1[N+](=O)[O-]. The third-order valence-electron chi connectivity index (χ3n) is 2.93. The van der Waals surface area contributed by atoms with Gasteiger partial charge in [0.15, 0.2) is 0 Å². The Morgan fingerprint density at radius 2 is 2.05 bits per heavy atom. The zero-order valence-electron chi connectivity index (χ0n) is 11.6. The number of benzene rings is 1. The first-order valence-corrected chi connectivity index (χ1v) is 6.45. The van der Waals surface area contributed by atoms with Crippen molar-refractivity contribution in [2.75, 3.05) is 25.0 Å². The van der Waals surface area contributed by atoms with Crippen LogP contribution in [0.3, 0.4) is 0 Å². The van der Waals surface area contributed by atoms with Gasteiger partial charge in [0, 0.05) is 26.1 Å².